The van der Waals surface area contributed by atoms with Crippen molar-refractivity contribution in [2.45, 2.75) is 6.92 Å². The summed E-state index contributed by atoms with van der Waals surface area (Å²) in [5, 5.41) is 3.24. The van der Waals surface area contributed by atoms with Crippen molar-refractivity contribution in [2.75, 3.05) is 5.32 Å². The average Bonchev–Trinajstić information content (AvgIpc) is 2.35. The molecule has 0 saturated heterocycles. The summed E-state index contributed by atoms with van der Waals surface area (Å²) in [4.78, 5) is 4.63. The summed E-state index contributed by atoms with van der Waals surface area (Å²) in [6.45, 7) is 2.04. The van der Waals surface area contributed by atoms with E-state index in [0.717, 1.165) is 15.7 Å². The third-order valence-electron chi connectivity index (χ3n) is 2.46. The van der Waals surface area contributed by atoms with Crippen LogP contribution < -0.4 is 11.1 Å². The van der Waals surface area contributed by atoms with E-state index in [1.807, 2.05) is 37.3 Å². The van der Waals surface area contributed by atoms with Crippen LogP contribution in [0.4, 0.5) is 11.5 Å². The van der Waals surface area contributed by atoms with Crippen LogP contribution in [0.1, 0.15) is 11.3 Å². The van der Waals surface area contributed by atoms with Crippen molar-refractivity contribution in [1.82, 2.24) is 4.98 Å². The van der Waals surface area contributed by atoms with Crippen LogP contribution in [0.5, 0.6) is 0 Å². The number of nitrogens with two attached hydrogens (primary N) is 1. The van der Waals surface area contributed by atoms with Gasteiger partial charge in [-0.15, -0.1) is 0 Å². The van der Waals surface area contributed by atoms with Crippen LogP contribution in [0.25, 0.3) is 0 Å². The number of pyridine rings is 1. The number of hydrogen-bond acceptors (Lipinski definition) is 3. The number of nitrogens with one attached hydrogen (secondary N) is 1. The summed E-state index contributed by atoms with van der Waals surface area (Å²) < 4.78 is 1.02. The summed E-state index contributed by atoms with van der Waals surface area (Å²) in [6.07, 6.45) is 0. The first-order valence-corrected chi connectivity index (χ1v) is 6.57. The van der Waals surface area contributed by atoms with E-state index >= 15 is 0 Å². The lowest BCUT2D eigenvalue weighted by atomic mass is 10.2. The van der Waals surface area contributed by atoms with Gasteiger partial charge in [-0.2, -0.15) is 0 Å². The molecule has 3 nitrogen and oxygen atoms in total. The number of benzene rings is 1. The largest absolute Gasteiger partial charge is 0.388 e. The van der Waals surface area contributed by atoms with Crippen molar-refractivity contribution in [2.24, 2.45) is 5.73 Å². The summed E-state index contributed by atoms with van der Waals surface area (Å²) >= 11 is 8.46. The van der Waals surface area contributed by atoms with Gasteiger partial charge in [0.1, 0.15) is 10.8 Å². The maximum Gasteiger partial charge on any atom is 0.131 e. The highest BCUT2D eigenvalue weighted by Crippen LogP contribution is 2.27. The van der Waals surface area contributed by atoms with E-state index in [0.29, 0.717) is 16.5 Å². The smallest absolute Gasteiger partial charge is 0.131 e. The van der Waals surface area contributed by atoms with Crippen molar-refractivity contribution in [3.63, 3.8) is 0 Å². The van der Waals surface area contributed by atoms with E-state index in [1.165, 1.54) is 0 Å². The van der Waals surface area contributed by atoms with E-state index in [1.54, 1.807) is 6.07 Å². The first kappa shape index (κ1) is 13.0. The van der Waals surface area contributed by atoms with Crippen LogP contribution in [0.3, 0.4) is 0 Å². The second-order valence-electron chi connectivity index (χ2n) is 3.83. The van der Waals surface area contributed by atoms with Crippen LogP contribution >= 0.6 is 28.1 Å². The van der Waals surface area contributed by atoms with Gasteiger partial charge in [0.15, 0.2) is 0 Å². The first-order valence-electron chi connectivity index (χ1n) is 5.37. The Morgan fingerprint density at radius 1 is 1.28 bits per heavy atom. The lowest BCUT2D eigenvalue weighted by Gasteiger charge is -2.10. The molecular weight excluding hydrogens is 310 g/mol. The molecule has 0 spiro atoms. The second-order valence-corrected chi connectivity index (χ2v) is 5.07. The average molecular weight is 322 g/mol. The van der Waals surface area contributed by atoms with Crippen molar-refractivity contribution in [3.8, 4) is 0 Å². The van der Waals surface area contributed by atoms with Gasteiger partial charge in [0, 0.05) is 4.47 Å². The van der Waals surface area contributed by atoms with E-state index in [-0.39, 0.29) is 0 Å². The highest BCUT2D eigenvalue weighted by Gasteiger charge is 2.04. The Kier molecular flexibility index (Phi) is 3.93. The highest BCUT2D eigenvalue weighted by atomic mass is 79.9. The van der Waals surface area contributed by atoms with Crippen LogP contribution in [0.2, 0.25) is 0 Å². The number of rotatable bonds is 3. The highest BCUT2D eigenvalue weighted by molar-refractivity contribution is 9.10. The Balaban J connectivity index is 2.31. The quantitative estimate of drug-likeness (QED) is 0.849. The van der Waals surface area contributed by atoms with Crippen molar-refractivity contribution in [1.29, 1.82) is 0 Å². The molecule has 0 aliphatic heterocycles. The van der Waals surface area contributed by atoms with E-state index in [4.69, 9.17) is 18.0 Å². The number of aryl methyl sites for hydroxylation is 1. The summed E-state index contributed by atoms with van der Waals surface area (Å²) in [5.74, 6) is 0.714. The minimum absolute atomic E-state index is 0.293. The van der Waals surface area contributed by atoms with Crippen LogP contribution in [-0.4, -0.2) is 9.97 Å². The molecule has 0 saturated carbocycles. The molecule has 0 unspecified atom stereocenters. The maximum absolute atomic E-state index is 5.56. The van der Waals surface area contributed by atoms with Gasteiger partial charge >= 0.3 is 0 Å². The number of hydrogen-bond donors (Lipinski definition) is 2. The first-order chi connectivity index (χ1) is 8.58. The van der Waals surface area contributed by atoms with Gasteiger partial charge in [0.05, 0.1) is 11.4 Å². The number of thiocarbonyl (C=S) groups is 1. The Morgan fingerprint density at radius 3 is 2.72 bits per heavy atom. The molecule has 1 aromatic carbocycles. The lowest BCUT2D eigenvalue weighted by Crippen LogP contribution is -2.12. The van der Waals surface area contributed by atoms with Gasteiger partial charge in [-0.3, -0.25) is 0 Å². The topological polar surface area (TPSA) is 50.9 Å². The fraction of sp³-hybridized carbons (Fsp3) is 0.0769. The van der Waals surface area contributed by atoms with Crippen molar-refractivity contribution in [3.05, 3.63) is 52.1 Å². The lowest BCUT2D eigenvalue weighted by molar-refractivity contribution is 1.27. The Hall–Kier alpha value is -1.46. The molecule has 0 aliphatic rings. The minimum atomic E-state index is 0.293. The van der Waals surface area contributed by atoms with Crippen LogP contribution in [0.15, 0.2) is 40.9 Å². The van der Waals surface area contributed by atoms with Gasteiger partial charge in [0.25, 0.3) is 0 Å². The molecule has 0 aliphatic carbocycles. The van der Waals surface area contributed by atoms with Crippen molar-refractivity contribution < 1.29 is 0 Å². The molecule has 5 heteroatoms. The van der Waals surface area contributed by atoms with Gasteiger partial charge in [-0.05, 0) is 46.6 Å². The van der Waals surface area contributed by atoms with Crippen molar-refractivity contribution >= 4 is 44.6 Å². The zero-order valence-corrected chi connectivity index (χ0v) is 12.2. The third-order valence-corrected chi connectivity index (χ3v) is 3.72. The molecule has 3 N–H and O–H groups in total. The Bertz CT molecular complexity index is 599. The number of anilines is 2. The summed E-state index contributed by atoms with van der Waals surface area (Å²) in [5.41, 5.74) is 8.29. The van der Waals surface area contributed by atoms with Crippen LogP contribution in [0, 0.1) is 6.92 Å². The van der Waals surface area contributed by atoms with Gasteiger partial charge < -0.3 is 11.1 Å². The molecule has 0 atom stereocenters. The summed E-state index contributed by atoms with van der Waals surface area (Å²) in [7, 11) is 0. The fourth-order valence-corrected chi connectivity index (χ4v) is 2.00. The molecule has 2 rings (SSSR count). The number of nitrogens with zero attached hydrogens (tertiary/aromatic N) is 1. The molecule has 92 valence electrons. The second kappa shape index (κ2) is 5.46. The molecule has 0 bridgehead atoms. The molecule has 18 heavy (non-hydrogen) atoms. The standard InChI is InChI=1S/C13H12BrN3S/c1-8-4-2-5-9(12(8)14)16-11-7-3-6-10(17-11)13(15)18/h2-7H,1H3,(H2,15,18)(H,16,17). The molecule has 0 amide bonds. The zero-order valence-electron chi connectivity index (χ0n) is 9.77. The molecule has 2 aromatic rings. The fourth-order valence-electron chi connectivity index (χ4n) is 1.52. The molecule has 0 radical (unpaired) electrons. The molecule has 1 aromatic heterocycles. The predicted octanol–water partition coefficient (Wildman–Crippen LogP) is 3.53. The third kappa shape index (κ3) is 2.86. The van der Waals surface area contributed by atoms with Gasteiger partial charge in [-0.1, -0.05) is 30.4 Å². The number of halogens is 1. The maximum atomic E-state index is 5.56. The summed E-state index contributed by atoms with van der Waals surface area (Å²) in [6, 6.07) is 11.5. The SMILES string of the molecule is Cc1cccc(Nc2cccc(C(N)=S)n2)c1Br. The predicted molar refractivity (Wildman–Crippen MR) is 82.3 cm³/mol. The van der Waals surface area contributed by atoms with E-state index in [9.17, 15) is 0 Å². The molecule has 0 fully saturated rings. The van der Waals surface area contributed by atoms with Gasteiger partial charge in [-0.25, -0.2) is 4.98 Å². The molecular formula is C13H12BrN3S. The number of aromatic nitrogens is 1. The van der Waals surface area contributed by atoms with E-state index < -0.39 is 0 Å². The molecule has 1 heterocycles. The van der Waals surface area contributed by atoms with Gasteiger partial charge in [0.2, 0.25) is 0 Å². The van der Waals surface area contributed by atoms with Crippen LogP contribution in [-0.2, 0) is 0 Å². The zero-order chi connectivity index (χ0) is 13.1. The monoisotopic (exact) mass is 321 g/mol. The Morgan fingerprint density at radius 2 is 2.00 bits per heavy atom. The Labute approximate surface area is 120 Å². The van der Waals surface area contributed by atoms with E-state index in [2.05, 4.69) is 26.2 Å². The minimum Gasteiger partial charge on any atom is -0.388 e. The normalized spacial score (nSPS) is 10.1.